The number of benzene rings is 1. The van der Waals surface area contributed by atoms with Gasteiger partial charge < -0.3 is 19.5 Å². The Hall–Kier alpha value is -2.83. The fourth-order valence-electron chi connectivity index (χ4n) is 1.89. The molecule has 0 atom stereocenters. The quantitative estimate of drug-likeness (QED) is 0.393. The van der Waals surface area contributed by atoms with Gasteiger partial charge in [0.1, 0.15) is 5.75 Å². The molecule has 0 aliphatic rings. The number of rotatable bonds is 10. The van der Waals surface area contributed by atoms with Crippen LogP contribution in [-0.4, -0.2) is 44.7 Å². The number of carbonyl (C=O) groups is 3. The van der Waals surface area contributed by atoms with Crippen molar-refractivity contribution in [2.24, 2.45) is 0 Å². The molecule has 7 nitrogen and oxygen atoms in total. The summed E-state index contributed by atoms with van der Waals surface area (Å²) in [5.74, 6) is -0.731. The summed E-state index contributed by atoms with van der Waals surface area (Å²) in [5.41, 5.74) is 0.727. The normalized spacial score (nSPS) is 10.3. The van der Waals surface area contributed by atoms with E-state index in [0.717, 1.165) is 5.56 Å². The molecule has 7 heteroatoms. The highest BCUT2D eigenvalue weighted by atomic mass is 16.5. The maximum Gasteiger partial charge on any atom is 0.331 e. The lowest BCUT2D eigenvalue weighted by atomic mass is 10.2. The maximum absolute atomic E-state index is 11.6. The van der Waals surface area contributed by atoms with E-state index in [1.54, 1.807) is 25.1 Å². The van der Waals surface area contributed by atoms with Gasteiger partial charge in [-0.05, 0) is 25.5 Å². The molecule has 0 radical (unpaired) electrons. The highest BCUT2D eigenvalue weighted by molar-refractivity contribution is 5.89. The van der Waals surface area contributed by atoms with E-state index in [2.05, 4.69) is 5.32 Å². The molecule has 0 aliphatic heterocycles. The van der Waals surface area contributed by atoms with Crippen LogP contribution in [0.2, 0.25) is 0 Å². The molecule has 0 spiro atoms. The number of hydrogen-bond donors (Lipinski definition) is 1. The molecule has 0 saturated carbocycles. The summed E-state index contributed by atoms with van der Waals surface area (Å²) in [6.07, 6.45) is 3.48. The lowest BCUT2D eigenvalue weighted by Crippen LogP contribution is -2.29. The third kappa shape index (κ3) is 8.55. The van der Waals surface area contributed by atoms with Gasteiger partial charge in [0.15, 0.2) is 6.61 Å². The monoisotopic (exact) mass is 349 g/mol. The maximum atomic E-state index is 11.6. The molecular weight excluding hydrogens is 326 g/mol. The van der Waals surface area contributed by atoms with Crippen molar-refractivity contribution < 1.29 is 28.6 Å². The van der Waals surface area contributed by atoms with Crippen LogP contribution in [0.4, 0.5) is 0 Å². The Labute approximate surface area is 146 Å². The van der Waals surface area contributed by atoms with Gasteiger partial charge in [-0.3, -0.25) is 9.59 Å². The average molecular weight is 349 g/mol. The van der Waals surface area contributed by atoms with Crippen LogP contribution in [0.15, 0.2) is 30.3 Å². The molecule has 0 bridgehead atoms. The van der Waals surface area contributed by atoms with Gasteiger partial charge in [0.2, 0.25) is 0 Å². The zero-order chi connectivity index (χ0) is 18.5. The largest absolute Gasteiger partial charge is 0.496 e. The van der Waals surface area contributed by atoms with Gasteiger partial charge in [0.25, 0.3) is 5.91 Å². The third-order valence-electron chi connectivity index (χ3n) is 3.07. The van der Waals surface area contributed by atoms with Crippen molar-refractivity contribution in [3.8, 4) is 5.75 Å². The molecule has 1 rings (SSSR count). The fraction of sp³-hybridized carbons (Fsp3) is 0.389. The summed E-state index contributed by atoms with van der Waals surface area (Å²) in [6, 6.07) is 7.20. The Balaban J connectivity index is 2.26. The first kappa shape index (κ1) is 20.2. The van der Waals surface area contributed by atoms with Gasteiger partial charge in [-0.1, -0.05) is 18.2 Å². The second kappa shape index (κ2) is 11.7. The van der Waals surface area contributed by atoms with E-state index < -0.39 is 11.9 Å². The van der Waals surface area contributed by atoms with Crippen LogP contribution >= 0.6 is 0 Å². The first-order chi connectivity index (χ1) is 12.1. The summed E-state index contributed by atoms with van der Waals surface area (Å²) >= 11 is 0. The second-order valence-corrected chi connectivity index (χ2v) is 4.94. The number of methoxy groups -OCH3 is 1. The fourth-order valence-corrected chi connectivity index (χ4v) is 1.89. The van der Waals surface area contributed by atoms with E-state index in [1.807, 2.05) is 12.1 Å². The van der Waals surface area contributed by atoms with Crippen molar-refractivity contribution in [1.29, 1.82) is 0 Å². The SMILES string of the molecule is CCOC(=O)CCCNC(=O)COC(=O)/C=C/c1ccccc1OC. The molecule has 0 aliphatic carbocycles. The molecule has 0 fully saturated rings. The van der Waals surface area contributed by atoms with Crippen molar-refractivity contribution in [2.75, 3.05) is 26.9 Å². The van der Waals surface area contributed by atoms with Gasteiger partial charge in [-0.15, -0.1) is 0 Å². The highest BCUT2D eigenvalue weighted by Gasteiger charge is 2.06. The third-order valence-corrected chi connectivity index (χ3v) is 3.07. The molecule has 0 heterocycles. The molecular formula is C18H23NO6. The molecule has 0 saturated heterocycles. The number of hydrogen-bond acceptors (Lipinski definition) is 6. The standard InChI is InChI=1S/C18H23NO6/c1-3-24-17(21)9-6-12-19-16(20)13-25-18(22)11-10-14-7-4-5-8-15(14)23-2/h4-5,7-8,10-11H,3,6,9,12-13H2,1-2H3,(H,19,20)/b11-10+. The predicted octanol–water partition coefficient (Wildman–Crippen LogP) is 1.71. The first-order valence-corrected chi connectivity index (χ1v) is 7.97. The lowest BCUT2D eigenvalue weighted by Gasteiger charge is -2.06. The molecule has 1 aromatic carbocycles. The minimum Gasteiger partial charge on any atom is -0.496 e. The smallest absolute Gasteiger partial charge is 0.331 e. The molecule has 0 unspecified atom stereocenters. The van der Waals surface area contributed by atoms with E-state index in [1.165, 1.54) is 13.2 Å². The van der Waals surface area contributed by atoms with Crippen molar-refractivity contribution in [1.82, 2.24) is 5.32 Å². The summed E-state index contributed by atoms with van der Waals surface area (Å²) in [6.45, 7) is 2.00. The Morgan fingerprint density at radius 3 is 2.64 bits per heavy atom. The Morgan fingerprint density at radius 1 is 1.16 bits per heavy atom. The van der Waals surface area contributed by atoms with Crippen LogP contribution in [0.25, 0.3) is 6.08 Å². The Kier molecular flexibility index (Phi) is 9.43. The number of amides is 1. The zero-order valence-electron chi connectivity index (χ0n) is 14.4. The summed E-state index contributed by atoms with van der Waals surface area (Å²) in [5, 5.41) is 2.56. The van der Waals surface area contributed by atoms with Gasteiger partial charge in [0, 0.05) is 24.6 Å². The summed E-state index contributed by atoms with van der Waals surface area (Å²) < 4.78 is 14.8. The second-order valence-electron chi connectivity index (χ2n) is 4.94. The van der Waals surface area contributed by atoms with Gasteiger partial charge >= 0.3 is 11.9 Å². The minimum absolute atomic E-state index is 0.232. The predicted molar refractivity (Wildman–Crippen MR) is 91.9 cm³/mol. The van der Waals surface area contributed by atoms with Crippen LogP contribution < -0.4 is 10.1 Å². The number of para-hydroxylation sites is 1. The Bertz CT molecular complexity index is 611. The minimum atomic E-state index is -0.632. The van der Waals surface area contributed by atoms with Gasteiger partial charge in [-0.25, -0.2) is 4.79 Å². The highest BCUT2D eigenvalue weighted by Crippen LogP contribution is 2.18. The zero-order valence-corrected chi connectivity index (χ0v) is 14.4. The molecule has 136 valence electrons. The topological polar surface area (TPSA) is 90.9 Å². The van der Waals surface area contributed by atoms with Crippen LogP contribution in [0.3, 0.4) is 0 Å². The van der Waals surface area contributed by atoms with E-state index in [0.29, 0.717) is 25.3 Å². The van der Waals surface area contributed by atoms with Crippen LogP contribution in [0, 0.1) is 0 Å². The van der Waals surface area contributed by atoms with E-state index in [9.17, 15) is 14.4 Å². The molecule has 25 heavy (non-hydrogen) atoms. The van der Waals surface area contributed by atoms with E-state index in [4.69, 9.17) is 14.2 Å². The van der Waals surface area contributed by atoms with Crippen LogP contribution in [0.5, 0.6) is 5.75 Å². The van der Waals surface area contributed by atoms with Crippen molar-refractivity contribution in [2.45, 2.75) is 19.8 Å². The first-order valence-electron chi connectivity index (χ1n) is 7.97. The Morgan fingerprint density at radius 2 is 1.92 bits per heavy atom. The lowest BCUT2D eigenvalue weighted by molar-refractivity contribution is -0.143. The number of esters is 2. The van der Waals surface area contributed by atoms with Crippen LogP contribution in [0.1, 0.15) is 25.3 Å². The van der Waals surface area contributed by atoms with E-state index >= 15 is 0 Å². The van der Waals surface area contributed by atoms with Crippen molar-refractivity contribution >= 4 is 23.9 Å². The van der Waals surface area contributed by atoms with Gasteiger partial charge in [0.05, 0.1) is 13.7 Å². The summed E-state index contributed by atoms with van der Waals surface area (Å²) in [7, 11) is 1.54. The molecule has 1 N–H and O–H groups in total. The molecule has 1 amide bonds. The number of carbonyl (C=O) groups excluding carboxylic acids is 3. The number of ether oxygens (including phenoxy) is 3. The molecule has 1 aromatic rings. The van der Waals surface area contributed by atoms with Crippen LogP contribution in [-0.2, 0) is 23.9 Å². The average Bonchev–Trinajstić information content (AvgIpc) is 2.62. The van der Waals surface area contributed by atoms with Crippen molar-refractivity contribution in [3.05, 3.63) is 35.9 Å². The van der Waals surface area contributed by atoms with E-state index in [-0.39, 0.29) is 19.0 Å². The van der Waals surface area contributed by atoms with Gasteiger partial charge in [-0.2, -0.15) is 0 Å². The summed E-state index contributed by atoms with van der Waals surface area (Å²) in [4.78, 5) is 34.3. The number of nitrogens with one attached hydrogen (secondary N) is 1. The molecule has 0 aromatic heterocycles. The van der Waals surface area contributed by atoms with Crippen molar-refractivity contribution in [3.63, 3.8) is 0 Å².